The van der Waals surface area contributed by atoms with Crippen LogP contribution in [-0.2, 0) is 23.7 Å². The van der Waals surface area contributed by atoms with Gasteiger partial charge in [-0.3, -0.25) is 0 Å². The average Bonchev–Trinajstić information content (AvgIpc) is 2.72. The third-order valence-corrected chi connectivity index (χ3v) is 2.35. The van der Waals surface area contributed by atoms with Crippen molar-refractivity contribution in [2.45, 2.75) is 32.3 Å². The van der Waals surface area contributed by atoms with Gasteiger partial charge in [0.2, 0.25) is 0 Å². The van der Waals surface area contributed by atoms with Gasteiger partial charge in [0, 0.05) is 0 Å². The third-order valence-electron chi connectivity index (χ3n) is 2.35. The maximum Gasteiger partial charge on any atom is 0.155 e. The van der Waals surface area contributed by atoms with E-state index in [9.17, 15) is 0 Å². The molecule has 5 heteroatoms. The van der Waals surface area contributed by atoms with E-state index in [1.54, 1.807) is 0 Å². The van der Waals surface area contributed by atoms with Gasteiger partial charge in [0.15, 0.2) is 6.29 Å². The van der Waals surface area contributed by atoms with E-state index < -0.39 is 0 Å². The Balaban J connectivity index is 2.05. The van der Waals surface area contributed by atoms with Crippen LogP contribution < -0.4 is 0 Å². The summed E-state index contributed by atoms with van der Waals surface area (Å²) in [7, 11) is 5.17. The van der Waals surface area contributed by atoms with Crippen LogP contribution in [0.5, 0.6) is 0 Å². The lowest BCUT2D eigenvalue weighted by Gasteiger charge is -2.16. The fourth-order valence-corrected chi connectivity index (χ4v) is 1.50. The van der Waals surface area contributed by atoms with Crippen LogP contribution in [0.15, 0.2) is 12.2 Å². The Kier molecular flexibility index (Phi) is 7.46. The van der Waals surface area contributed by atoms with Crippen molar-refractivity contribution >= 4 is 0 Å². The van der Waals surface area contributed by atoms with E-state index in [0.29, 0.717) is 33.0 Å². The largest absolute Gasteiger partial charge is 0.376 e. The fourth-order valence-electron chi connectivity index (χ4n) is 1.50. The first-order valence-electron chi connectivity index (χ1n) is 6.04. The lowest BCUT2D eigenvalue weighted by Crippen LogP contribution is -2.27. The Bertz CT molecular complexity index is 244. The van der Waals surface area contributed by atoms with Crippen LogP contribution in [0.25, 0.3) is 0 Å². The Morgan fingerprint density at radius 3 is 2.72 bits per heavy atom. The van der Waals surface area contributed by atoms with Gasteiger partial charge in [-0.05, 0) is 13.8 Å². The molecule has 0 N–H and O–H groups in total. The summed E-state index contributed by atoms with van der Waals surface area (Å²) in [5, 5.41) is 0. The third kappa shape index (κ3) is 6.47. The van der Waals surface area contributed by atoms with Gasteiger partial charge in [0.1, 0.15) is 19.3 Å². The molecule has 0 aliphatic carbocycles. The van der Waals surface area contributed by atoms with Crippen molar-refractivity contribution in [2.24, 2.45) is 0 Å². The minimum Gasteiger partial charge on any atom is -0.376 e. The average molecular weight is 258 g/mol. The quantitative estimate of drug-likeness (QED) is 0.585. The van der Waals surface area contributed by atoms with E-state index in [-0.39, 0.29) is 18.5 Å². The maximum absolute atomic E-state index is 5.46. The molecule has 0 spiro atoms. The van der Waals surface area contributed by atoms with Crippen LogP contribution in [-0.4, -0.2) is 51.5 Å². The normalized spacial score (nSPS) is 25.3. The van der Waals surface area contributed by atoms with Gasteiger partial charge in [-0.1, -0.05) is 12.2 Å². The molecule has 3 unspecified atom stereocenters. The highest BCUT2D eigenvalue weighted by atomic mass is 16.7. The molecule has 5 nitrogen and oxygen atoms in total. The summed E-state index contributed by atoms with van der Waals surface area (Å²) in [6.45, 7) is 9.75. The molecule has 1 aliphatic rings. The Morgan fingerprint density at radius 1 is 1.44 bits per heavy atom. The molecular formula is C13H22O5. The van der Waals surface area contributed by atoms with Crippen molar-refractivity contribution in [3.05, 3.63) is 19.3 Å². The summed E-state index contributed by atoms with van der Waals surface area (Å²) in [6.07, 6.45) is -0.460. The highest BCUT2D eigenvalue weighted by Gasteiger charge is 2.22. The Labute approximate surface area is 109 Å². The van der Waals surface area contributed by atoms with Gasteiger partial charge in [-0.2, -0.15) is 0 Å². The van der Waals surface area contributed by atoms with Gasteiger partial charge >= 0.3 is 0 Å². The molecule has 18 heavy (non-hydrogen) atoms. The first-order valence-corrected chi connectivity index (χ1v) is 6.04. The monoisotopic (exact) mass is 258 g/mol. The number of ether oxygens (including phenoxy) is 5. The predicted molar refractivity (Wildman–Crippen MR) is 65.9 cm³/mol. The number of rotatable bonds is 9. The van der Waals surface area contributed by atoms with Gasteiger partial charge in [-0.25, -0.2) is 0 Å². The molecule has 0 aromatic carbocycles. The van der Waals surface area contributed by atoms with Gasteiger partial charge < -0.3 is 23.7 Å². The van der Waals surface area contributed by atoms with E-state index >= 15 is 0 Å². The zero-order valence-electron chi connectivity index (χ0n) is 11.1. The Hall–Kier alpha value is -0.460. The molecule has 2 radical (unpaired) electrons. The predicted octanol–water partition coefficient (Wildman–Crippen LogP) is 1.41. The van der Waals surface area contributed by atoms with E-state index in [2.05, 4.69) is 6.58 Å². The summed E-state index contributed by atoms with van der Waals surface area (Å²) < 4.78 is 26.3. The van der Waals surface area contributed by atoms with Crippen LogP contribution in [0, 0.1) is 7.11 Å². The summed E-state index contributed by atoms with van der Waals surface area (Å²) >= 11 is 0. The summed E-state index contributed by atoms with van der Waals surface area (Å²) in [5.41, 5.74) is 0.956. The zero-order valence-corrected chi connectivity index (χ0v) is 11.1. The Morgan fingerprint density at radius 2 is 2.17 bits per heavy atom. The van der Waals surface area contributed by atoms with Crippen LogP contribution in [0.3, 0.4) is 0 Å². The second-order valence-corrected chi connectivity index (χ2v) is 4.43. The van der Waals surface area contributed by atoms with Crippen LogP contribution in [0.1, 0.15) is 13.8 Å². The molecule has 1 heterocycles. The van der Waals surface area contributed by atoms with Crippen molar-refractivity contribution in [1.29, 1.82) is 0 Å². The van der Waals surface area contributed by atoms with E-state index in [4.69, 9.17) is 30.8 Å². The van der Waals surface area contributed by atoms with E-state index in [0.717, 1.165) is 5.57 Å². The number of hydrogen-bond donors (Lipinski definition) is 0. The lowest BCUT2D eigenvalue weighted by molar-refractivity contribution is -0.0727. The highest BCUT2D eigenvalue weighted by Crippen LogP contribution is 2.11. The van der Waals surface area contributed by atoms with Gasteiger partial charge in [0.25, 0.3) is 0 Å². The standard InChI is InChI=1S/C13H22O5/c1-10(2)5-15-6-12(14-4)7-16-8-13-9-17-11(3)18-13/h4,11-13H,1,5-9H2,2-3H3. The van der Waals surface area contributed by atoms with Crippen LogP contribution >= 0.6 is 0 Å². The van der Waals surface area contributed by atoms with Crippen molar-refractivity contribution < 1.29 is 23.7 Å². The SMILES string of the molecule is [CH]OC(COCC(=C)C)COCC1COC(C)O1. The highest BCUT2D eigenvalue weighted by molar-refractivity contribution is 4.87. The molecule has 0 bridgehead atoms. The van der Waals surface area contributed by atoms with Crippen LogP contribution in [0.4, 0.5) is 0 Å². The van der Waals surface area contributed by atoms with E-state index in [1.807, 2.05) is 13.8 Å². The molecule has 1 saturated heterocycles. The first kappa shape index (κ1) is 15.6. The molecule has 0 aromatic rings. The molecule has 0 saturated carbocycles. The summed E-state index contributed by atoms with van der Waals surface area (Å²) in [5.74, 6) is 0. The van der Waals surface area contributed by atoms with E-state index in [1.165, 1.54) is 0 Å². The second-order valence-electron chi connectivity index (χ2n) is 4.43. The van der Waals surface area contributed by atoms with Gasteiger partial charge in [0.05, 0.1) is 33.0 Å². The molecule has 1 aliphatic heterocycles. The molecule has 1 fully saturated rings. The van der Waals surface area contributed by atoms with Crippen LogP contribution in [0.2, 0.25) is 0 Å². The molecule has 0 amide bonds. The topological polar surface area (TPSA) is 46.2 Å². The fraction of sp³-hybridized carbons (Fsp3) is 0.769. The molecule has 0 aromatic heterocycles. The first-order chi connectivity index (χ1) is 8.61. The minimum absolute atomic E-state index is 0.0187. The maximum atomic E-state index is 5.46. The van der Waals surface area contributed by atoms with Gasteiger partial charge in [-0.15, -0.1) is 0 Å². The zero-order chi connectivity index (χ0) is 13.4. The van der Waals surface area contributed by atoms with Crippen molar-refractivity contribution in [1.82, 2.24) is 0 Å². The van der Waals surface area contributed by atoms with Crippen molar-refractivity contribution in [3.63, 3.8) is 0 Å². The molecular weight excluding hydrogens is 236 g/mol. The summed E-state index contributed by atoms with van der Waals surface area (Å²) in [4.78, 5) is 0. The molecule has 3 atom stereocenters. The second kappa shape index (κ2) is 8.61. The minimum atomic E-state index is -0.288. The number of hydrogen-bond acceptors (Lipinski definition) is 5. The smallest absolute Gasteiger partial charge is 0.155 e. The molecule has 1 rings (SSSR count). The summed E-state index contributed by atoms with van der Waals surface area (Å²) in [6, 6.07) is 0. The lowest BCUT2D eigenvalue weighted by atomic mass is 10.3. The molecule has 104 valence electrons. The van der Waals surface area contributed by atoms with Crippen molar-refractivity contribution in [3.8, 4) is 0 Å². The van der Waals surface area contributed by atoms with Crippen molar-refractivity contribution in [2.75, 3.05) is 33.0 Å².